The second kappa shape index (κ2) is 5.68. The Morgan fingerprint density at radius 1 is 1.33 bits per heavy atom. The highest BCUT2D eigenvalue weighted by molar-refractivity contribution is 6.07. The Labute approximate surface area is 137 Å². The lowest BCUT2D eigenvalue weighted by Crippen LogP contribution is -2.52. The zero-order chi connectivity index (χ0) is 17.5. The number of phenols is 1. The van der Waals surface area contributed by atoms with E-state index in [0.29, 0.717) is 11.1 Å². The summed E-state index contributed by atoms with van der Waals surface area (Å²) in [5.74, 6) is -0.860. The van der Waals surface area contributed by atoms with Crippen molar-refractivity contribution >= 4 is 17.8 Å². The fraction of sp³-hybridized carbons (Fsp3) is 0.400. The number of hydrogen-bond donors (Lipinski definition) is 4. The lowest BCUT2D eigenvalue weighted by Gasteiger charge is -2.26. The lowest BCUT2D eigenvalue weighted by molar-refractivity contribution is -0.123. The molecule has 24 heavy (non-hydrogen) atoms. The fourth-order valence-corrected chi connectivity index (χ4v) is 2.86. The van der Waals surface area contributed by atoms with E-state index in [4.69, 9.17) is 9.84 Å². The van der Waals surface area contributed by atoms with Gasteiger partial charge in [-0.15, -0.1) is 0 Å². The fourth-order valence-electron chi connectivity index (χ4n) is 2.86. The van der Waals surface area contributed by atoms with Gasteiger partial charge in [0, 0.05) is 12.1 Å². The molecule has 4 N–H and O–H groups in total. The molecular weight excluding hydrogens is 318 g/mol. The second-order valence-electron chi connectivity index (χ2n) is 5.95. The summed E-state index contributed by atoms with van der Waals surface area (Å²) in [6.07, 6.45) is 0. The summed E-state index contributed by atoms with van der Waals surface area (Å²) < 4.78 is 5.22. The van der Waals surface area contributed by atoms with Crippen LogP contribution < -0.4 is 15.4 Å². The molecule has 0 saturated carbocycles. The molecule has 0 aliphatic carbocycles. The molecule has 2 heterocycles. The number of hydrogen-bond acceptors (Lipinski definition) is 6. The molecule has 2 aliphatic heterocycles. The molecular formula is C15H17N3O6. The van der Waals surface area contributed by atoms with E-state index in [-0.39, 0.29) is 43.7 Å². The first-order chi connectivity index (χ1) is 11.3. The summed E-state index contributed by atoms with van der Waals surface area (Å²) in [7, 11) is 0. The van der Waals surface area contributed by atoms with E-state index in [2.05, 4.69) is 10.6 Å². The van der Waals surface area contributed by atoms with Gasteiger partial charge in [-0.25, -0.2) is 4.79 Å². The molecule has 3 rings (SSSR count). The number of amides is 4. The van der Waals surface area contributed by atoms with Crippen LogP contribution in [0.1, 0.15) is 22.8 Å². The SMILES string of the molecule is CC1(CN2Cc3cc(OCCO)c(O)cc3C2=O)NC(=O)NC1=O. The summed E-state index contributed by atoms with van der Waals surface area (Å²) in [4.78, 5) is 37.1. The maximum absolute atomic E-state index is 12.5. The third-order valence-corrected chi connectivity index (χ3v) is 4.04. The van der Waals surface area contributed by atoms with Crippen molar-refractivity contribution in [3.63, 3.8) is 0 Å². The number of fused-ring (bicyclic) bond motifs is 1. The van der Waals surface area contributed by atoms with Gasteiger partial charge in [0.25, 0.3) is 11.8 Å². The number of nitrogens with zero attached hydrogens (tertiary/aromatic N) is 1. The van der Waals surface area contributed by atoms with Crippen LogP contribution in [0.4, 0.5) is 4.79 Å². The molecule has 1 aromatic carbocycles. The van der Waals surface area contributed by atoms with Crippen LogP contribution in [0.15, 0.2) is 12.1 Å². The van der Waals surface area contributed by atoms with Gasteiger partial charge < -0.3 is 25.2 Å². The number of urea groups is 1. The molecule has 1 aromatic rings. The Morgan fingerprint density at radius 2 is 2.08 bits per heavy atom. The highest BCUT2D eigenvalue weighted by atomic mass is 16.5. The molecule has 1 atom stereocenters. The van der Waals surface area contributed by atoms with Crippen molar-refractivity contribution in [2.75, 3.05) is 19.8 Å². The van der Waals surface area contributed by atoms with Gasteiger partial charge in [-0.2, -0.15) is 0 Å². The predicted molar refractivity (Wildman–Crippen MR) is 80.5 cm³/mol. The van der Waals surface area contributed by atoms with Crippen molar-refractivity contribution in [1.29, 1.82) is 0 Å². The molecule has 9 nitrogen and oxygen atoms in total. The van der Waals surface area contributed by atoms with Crippen LogP contribution >= 0.6 is 0 Å². The smallest absolute Gasteiger partial charge is 0.322 e. The molecule has 9 heteroatoms. The van der Waals surface area contributed by atoms with E-state index in [1.807, 2.05) is 0 Å². The first-order valence-electron chi connectivity index (χ1n) is 7.36. The van der Waals surface area contributed by atoms with Crippen molar-refractivity contribution in [2.45, 2.75) is 19.0 Å². The van der Waals surface area contributed by atoms with Gasteiger partial charge >= 0.3 is 6.03 Å². The number of imide groups is 1. The van der Waals surface area contributed by atoms with E-state index >= 15 is 0 Å². The van der Waals surface area contributed by atoms with Crippen LogP contribution in [0.3, 0.4) is 0 Å². The van der Waals surface area contributed by atoms with Crippen LogP contribution in [0.2, 0.25) is 0 Å². The van der Waals surface area contributed by atoms with E-state index < -0.39 is 17.5 Å². The third kappa shape index (κ3) is 2.62. The highest BCUT2D eigenvalue weighted by Gasteiger charge is 2.45. The summed E-state index contributed by atoms with van der Waals surface area (Å²) in [5, 5.41) is 23.4. The summed E-state index contributed by atoms with van der Waals surface area (Å²) in [6, 6.07) is 2.25. The first kappa shape index (κ1) is 16.1. The van der Waals surface area contributed by atoms with Crippen LogP contribution in [-0.2, 0) is 11.3 Å². The number of nitrogens with one attached hydrogen (secondary N) is 2. The van der Waals surface area contributed by atoms with Gasteiger partial charge in [0.1, 0.15) is 12.1 Å². The van der Waals surface area contributed by atoms with Crippen molar-refractivity contribution in [1.82, 2.24) is 15.5 Å². The van der Waals surface area contributed by atoms with Gasteiger partial charge in [-0.05, 0) is 24.6 Å². The molecule has 0 spiro atoms. The van der Waals surface area contributed by atoms with Crippen LogP contribution in [-0.4, -0.2) is 58.3 Å². The van der Waals surface area contributed by atoms with Crippen molar-refractivity contribution < 1.29 is 29.3 Å². The second-order valence-corrected chi connectivity index (χ2v) is 5.95. The first-order valence-corrected chi connectivity index (χ1v) is 7.36. The molecule has 4 amide bonds. The standard InChI is InChI=1S/C15H17N3O6/c1-15(13(22)16-14(23)17-15)7-18-6-8-4-11(24-3-2-19)10(20)5-9(8)12(18)21/h4-5,19-20H,2-3,6-7H2,1H3,(H2,16,17,22,23). The Kier molecular flexibility index (Phi) is 3.80. The zero-order valence-electron chi connectivity index (χ0n) is 13.0. The number of benzene rings is 1. The number of phenolic OH excluding ortho intramolecular Hbond substituents is 1. The summed E-state index contributed by atoms with van der Waals surface area (Å²) >= 11 is 0. The maximum atomic E-state index is 12.5. The van der Waals surface area contributed by atoms with E-state index in [0.717, 1.165) is 0 Å². The quantitative estimate of drug-likeness (QED) is 0.528. The molecule has 0 bridgehead atoms. The van der Waals surface area contributed by atoms with Gasteiger partial charge in [-0.1, -0.05) is 0 Å². The summed E-state index contributed by atoms with van der Waals surface area (Å²) in [6.45, 7) is 1.59. The van der Waals surface area contributed by atoms with Gasteiger partial charge in [0.15, 0.2) is 11.5 Å². The predicted octanol–water partition coefficient (Wildman–Crippen LogP) is -0.683. The minimum absolute atomic E-state index is 0.00563. The number of carbonyl (C=O) groups is 3. The average Bonchev–Trinajstić information content (AvgIpc) is 2.94. The maximum Gasteiger partial charge on any atom is 0.322 e. The minimum atomic E-state index is -1.20. The number of aliphatic hydroxyl groups is 1. The molecule has 2 aliphatic rings. The van der Waals surface area contributed by atoms with Crippen LogP contribution in [0.25, 0.3) is 0 Å². The highest BCUT2D eigenvalue weighted by Crippen LogP contribution is 2.35. The molecule has 1 saturated heterocycles. The summed E-state index contributed by atoms with van der Waals surface area (Å²) in [5.41, 5.74) is -0.246. The lowest BCUT2D eigenvalue weighted by atomic mass is 10.0. The van der Waals surface area contributed by atoms with E-state index in [9.17, 15) is 19.5 Å². The molecule has 1 fully saturated rings. The van der Waals surface area contributed by atoms with E-state index in [1.165, 1.54) is 24.0 Å². The normalized spacial score (nSPS) is 22.4. The number of aromatic hydroxyl groups is 1. The zero-order valence-corrected chi connectivity index (χ0v) is 13.0. The number of rotatable bonds is 5. The van der Waals surface area contributed by atoms with Crippen molar-refractivity contribution in [2.24, 2.45) is 0 Å². The van der Waals surface area contributed by atoms with Crippen molar-refractivity contribution in [3.8, 4) is 11.5 Å². The Balaban J connectivity index is 1.80. The minimum Gasteiger partial charge on any atom is -0.504 e. The average molecular weight is 335 g/mol. The topological polar surface area (TPSA) is 128 Å². The molecule has 0 radical (unpaired) electrons. The molecule has 0 aromatic heterocycles. The number of aliphatic hydroxyl groups excluding tert-OH is 1. The number of ether oxygens (including phenoxy) is 1. The van der Waals surface area contributed by atoms with E-state index in [1.54, 1.807) is 0 Å². The number of carbonyl (C=O) groups excluding carboxylic acids is 3. The molecule has 128 valence electrons. The van der Waals surface area contributed by atoms with Gasteiger partial charge in [-0.3, -0.25) is 14.9 Å². The third-order valence-electron chi connectivity index (χ3n) is 4.04. The Bertz CT molecular complexity index is 734. The van der Waals surface area contributed by atoms with Crippen molar-refractivity contribution in [3.05, 3.63) is 23.3 Å². The van der Waals surface area contributed by atoms with Gasteiger partial charge in [0.2, 0.25) is 0 Å². The Morgan fingerprint density at radius 3 is 2.71 bits per heavy atom. The largest absolute Gasteiger partial charge is 0.504 e. The van der Waals surface area contributed by atoms with Gasteiger partial charge in [0.05, 0.1) is 13.2 Å². The Hall–Kier alpha value is -2.81. The monoisotopic (exact) mass is 335 g/mol. The van der Waals surface area contributed by atoms with Crippen LogP contribution in [0, 0.1) is 0 Å². The van der Waals surface area contributed by atoms with Crippen LogP contribution in [0.5, 0.6) is 11.5 Å². The molecule has 1 unspecified atom stereocenters.